The molecule has 2 amide bonds. The van der Waals surface area contributed by atoms with Crippen molar-refractivity contribution in [1.29, 1.82) is 0 Å². The number of amides is 2. The molecule has 0 spiro atoms. The van der Waals surface area contributed by atoms with Crippen molar-refractivity contribution >= 4 is 35.3 Å². The number of carbonyl (C=O) groups is 6. The number of Topliss-reactive ketones (excluding diaryl/α,β-unsaturated/α-hetero) is 2. The summed E-state index contributed by atoms with van der Waals surface area (Å²) in [5.74, 6) is -4.75. The molecule has 0 saturated heterocycles. The molecular formula is C58H74N4O12. The van der Waals surface area contributed by atoms with Crippen LogP contribution in [0.5, 0.6) is 0 Å². The molecule has 8 N–H and O–H groups in total. The Hall–Kier alpha value is -6.14. The van der Waals surface area contributed by atoms with Gasteiger partial charge in [-0.2, -0.15) is 0 Å². The molecule has 74 heavy (non-hydrogen) atoms. The Morgan fingerprint density at radius 3 is 1.27 bits per heavy atom. The lowest BCUT2D eigenvalue weighted by Crippen LogP contribution is -2.57. The molecule has 0 aliphatic heterocycles. The lowest BCUT2D eigenvalue weighted by atomic mass is 9.92. The number of esters is 2. The fourth-order valence-electron chi connectivity index (χ4n) is 9.53. The van der Waals surface area contributed by atoms with Gasteiger partial charge in [0.25, 0.3) is 11.8 Å². The molecule has 2 aliphatic carbocycles. The van der Waals surface area contributed by atoms with Crippen LogP contribution in [0.1, 0.15) is 112 Å². The summed E-state index contributed by atoms with van der Waals surface area (Å²) in [5, 5.41) is 30.4. The van der Waals surface area contributed by atoms with Crippen LogP contribution in [0, 0.1) is 23.7 Å². The molecule has 4 aromatic carbocycles. The zero-order valence-electron chi connectivity index (χ0n) is 42.9. The highest BCUT2D eigenvalue weighted by atomic mass is 16.5. The Bertz CT molecular complexity index is 2320. The van der Waals surface area contributed by atoms with Gasteiger partial charge in [0.2, 0.25) is 0 Å². The third kappa shape index (κ3) is 15.0. The zero-order valence-corrected chi connectivity index (χ0v) is 42.9. The second kappa shape index (κ2) is 28.0. The standard InChI is InChI=1S/C58H74N4O12/c1-5-35(3)47(59)57(69)71-29-17-27-45(63)43-31-39-23-13-15-25-41(39)49(43)61-55(67)53(73-33-37-19-9-7-10-20-37)51(65)52(66)54(74-34-38-21-11-8-12-22-38)56(68)62-50-42-26-16-14-24-40(42)32-44(50)46(64)28-18-30-72-58(70)48(60)36(4)6-2/h7-16,19-26,35-36,43-44,47-54,65-66H,5-6,17-18,27-34,59-60H2,1-4H3,(H,61,67)(H,62,68)/t35-,36-,43-,44-,47-,48-,49+,50+,51+,52+,53+,54+/m0/s1. The van der Waals surface area contributed by atoms with Gasteiger partial charge in [-0.15, -0.1) is 0 Å². The number of hydrogen-bond acceptors (Lipinski definition) is 14. The summed E-state index contributed by atoms with van der Waals surface area (Å²) in [5.41, 5.74) is 16.4. The first-order valence-corrected chi connectivity index (χ1v) is 26.0. The van der Waals surface area contributed by atoms with Crippen molar-refractivity contribution in [2.45, 2.75) is 141 Å². The number of rotatable bonds is 29. The molecule has 0 fully saturated rings. The van der Waals surface area contributed by atoms with Crippen molar-refractivity contribution in [3.8, 4) is 0 Å². The van der Waals surface area contributed by atoms with Gasteiger partial charge in [0.05, 0.1) is 38.5 Å². The molecule has 6 rings (SSSR count). The van der Waals surface area contributed by atoms with E-state index in [9.17, 15) is 39.0 Å². The van der Waals surface area contributed by atoms with E-state index in [1.54, 1.807) is 60.7 Å². The SMILES string of the molecule is CC[C@H](C)[C@H](N)C(=O)OCCCC(=O)[C@@H]1Cc2ccccc2[C@H]1NC(=O)[C@H](OCc1ccccc1)[C@H](O)[C@@H](O)[C@@H](OCc1ccccc1)C(=O)N[C@@H]1c2ccccc2C[C@H]1C(=O)CCCOC(=O)[C@@H](N)[C@@H](C)CC. The average Bonchev–Trinajstić information content (AvgIpc) is 3.98. The second-order valence-corrected chi connectivity index (χ2v) is 19.7. The molecule has 0 bridgehead atoms. The van der Waals surface area contributed by atoms with Crippen LogP contribution in [0.15, 0.2) is 109 Å². The van der Waals surface area contributed by atoms with Gasteiger partial charge in [-0.3, -0.25) is 28.8 Å². The highest BCUT2D eigenvalue weighted by molar-refractivity contribution is 5.88. The fraction of sp³-hybridized carbons (Fsp3) is 0.483. The van der Waals surface area contributed by atoms with Gasteiger partial charge in [-0.25, -0.2) is 0 Å². The van der Waals surface area contributed by atoms with Gasteiger partial charge in [0.15, 0.2) is 12.2 Å². The number of ether oxygens (including phenoxy) is 4. The minimum atomic E-state index is -2.09. The summed E-state index contributed by atoms with van der Waals surface area (Å²) in [6, 6.07) is 29.2. The van der Waals surface area contributed by atoms with E-state index in [1.807, 2.05) is 76.2 Å². The molecular weight excluding hydrogens is 945 g/mol. The van der Waals surface area contributed by atoms with Crippen LogP contribution < -0.4 is 22.1 Å². The fourth-order valence-corrected chi connectivity index (χ4v) is 9.53. The first kappa shape index (κ1) is 57.1. The highest BCUT2D eigenvalue weighted by Crippen LogP contribution is 2.39. The van der Waals surface area contributed by atoms with Crippen molar-refractivity contribution in [2.24, 2.45) is 35.1 Å². The van der Waals surface area contributed by atoms with Crippen LogP contribution in [0.2, 0.25) is 0 Å². The normalized spacial score (nSPS) is 20.1. The van der Waals surface area contributed by atoms with E-state index >= 15 is 0 Å². The van der Waals surface area contributed by atoms with Crippen LogP contribution in [-0.2, 0) is 73.8 Å². The van der Waals surface area contributed by atoms with E-state index in [2.05, 4.69) is 10.6 Å². The number of aliphatic hydroxyl groups excluding tert-OH is 2. The van der Waals surface area contributed by atoms with Crippen molar-refractivity contribution in [3.63, 3.8) is 0 Å². The third-order valence-electron chi connectivity index (χ3n) is 14.6. The maximum Gasteiger partial charge on any atom is 0.323 e. The first-order chi connectivity index (χ1) is 35.6. The molecule has 2 aliphatic rings. The van der Waals surface area contributed by atoms with Gasteiger partial charge >= 0.3 is 11.9 Å². The van der Waals surface area contributed by atoms with E-state index in [1.165, 1.54) is 0 Å². The Morgan fingerprint density at radius 2 is 0.905 bits per heavy atom. The summed E-state index contributed by atoms with van der Waals surface area (Å²) in [6.07, 6.45) is -5.21. The number of fused-ring (bicyclic) bond motifs is 2. The molecule has 0 aromatic heterocycles. The minimum Gasteiger partial charge on any atom is -0.465 e. The Kier molecular flexibility index (Phi) is 21.6. The predicted molar refractivity (Wildman–Crippen MR) is 276 cm³/mol. The minimum absolute atomic E-state index is 0.0104. The maximum absolute atomic E-state index is 14.8. The number of benzene rings is 4. The summed E-state index contributed by atoms with van der Waals surface area (Å²) >= 11 is 0. The molecule has 16 heteroatoms. The predicted octanol–water partition coefficient (Wildman–Crippen LogP) is 5.47. The van der Waals surface area contributed by atoms with E-state index in [0.29, 0.717) is 47.9 Å². The van der Waals surface area contributed by atoms with Gasteiger partial charge in [0.1, 0.15) is 35.9 Å². The van der Waals surface area contributed by atoms with E-state index < -0.39 is 84.2 Å². The van der Waals surface area contributed by atoms with E-state index in [-0.39, 0.29) is 75.5 Å². The van der Waals surface area contributed by atoms with Gasteiger partial charge in [0, 0.05) is 24.7 Å². The zero-order chi connectivity index (χ0) is 53.3. The molecule has 4 aromatic rings. The van der Waals surface area contributed by atoms with E-state index in [0.717, 1.165) is 11.1 Å². The van der Waals surface area contributed by atoms with Crippen molar-refractivity contribution in [2.75, 3.05) is 13.2 Å². The van der Waals surface area contributed by atoms with Crippen LogP contribution in [0.3, 0.4) is 0 Å². The van der Waals surface area contributed by atoms with Crippen molar-refractivity contribution in [1.82, 2.24) is 10.6 Å². The number of carbonyl (C=O) groups excluding carboxylic acids is 6. The van der Waals surface area contributed by atoms with Crippen molar-refractivity contribution in [3.05, 3.63) is 143 Å². The molecule has 0 heterocycles. The summed E-state index contributed by atoms with van der Waals surface area (Å²) < 4.78 is 23.2. The van der Waals surface area contributed by atoms with Gasteiger partial charge in [-0.1, -0.05) is 150 Å². The molecule has 16 nitrogen and oxygen atoms in total. The summed E-state index contributed by atoms with van der Waals surface area (Å²) in [7, 11) is 0. The quantitative estimate of drug-likeness (QED) is 0.0292. The number of hydrogen-bond donors (Lipinski definition) is 6. The molecule has 0 saturated carbocycles. The topological polar surface area (TPSA) is 256 Å². The van der Waals surface area contributed by atoms with Crippen LogP contribution in [0.4, 0.5) is 0 Å². The van der Waals surface area contributed by atoms with Gasteiger partial charge in [-0.05, 0) is 70.9 Å². The largest absolute Gasteiger partial charge is 0.465 e. The number of aliphatic hydroxyl groups is 2. The smallest absolute Gasteiger partial charge is 0.323 e. The van der Waals surface area contributed by atoms with E-state index in [4.69, 9.17) is 30.4 Å². The maximum atomic E-state index is 14.8. The molecule has 398 valence electrons. The Labute approximate surface area is 434 Å². The van der Waals surface area contributed by atoms with Crippen LogP contribution in [0.25, 0.3) is 0 Å². The lowest BCUT2D eigenvalue weighted by Gasteiger charge is -2.33. The average molecular weight is 1020 g/mol. The van der Waals surface area contributed by atoms with Gasteiger partial charge < -0.3 is 51.3 Å². The highest BCUT2D eigenvalue weighted by Gasteiger charge is 2.46. The van der Waals surface area contributed by atoms with Crippen LogP contribution in [-0.4, -0.2) is 95.2 Å². The summed E-state index contributed by atoms with van der Waals surface area (Å²) in [4.78, 5) is 82.5. The van der Waals surface area contributed by atoms with Crippen molar-refractivity contribution < 1.29 is 57.9 Å². The van der Waals surface area contributed by atoms with Crippen LogP contribution >= 0.6 is 0 Å². The number of ketones is 2. The molecule has 0 unspecified atom stereocenters. The Morgan fingerprint density at radius 1 is 0.554 bits per heavy atom. The lowest BCUT2D eigenvalue weighted by molar-refractivity contribution is -0.171. The Balaban J connectivity index is 1.22. The molecule has 0 radical (unpaired) electrons. The first-order valence-electron chi connectivity index (χ1n) is 26.0. The molecule has 12 atom stereocenters. The second-order valence-electron chi connectivity index (χ2n) is 19.7. The monoisotopic (exact) mass is 1020 g/mol. The number of nitrogens with two attached hydrogens (primary N) is 2. The third-order valence-corrected chi connectivity index (χ3v) is 14.6. The summed E-state index contributed by atoms with van der Waals surface area (Å²) in [6.45, 7) is 7.21. The number of nitrogens with one attached hydrogen (secondary N) is 2.